The second-order valence-electron chi connectivity index (χ2n) is 31.7. The Balaban J connectivity index is 0.000000330. The summed E-state index contributed by atoms with van der Waals surface area (Å²) in [7, 11) is -0.612. The molecule has 16 aromatic heterocycles. The lowest BCUT2D eigenvalue weighted by molar-refractivity contribution is -0.384. The highest BCUT2D eigenvalue weighted by Crippen LogP contribution is 2.38. The Labute approximate surface area is 974 Å². The minimum atomic E-state index is -2.60. The number of sulfone groups is 1. The molecule has 1 saturated heterocycles. The van der Waals surface area contributed by atoms with E-state index < -0.39 is 14.8 Å². The lowest BCUT2D eigenvalue weighted by Gasteiger charge is -2.00. The third-order valence-electron chi connectivity index (χ3n) is 18.2. The summed E-state index contributed by atoms with van der Waals surface area (Å²) in [5, 5.41) is 49.1. The Hall–Kier alpha value is -7.25. The van der Waals surface area contributed by atoms with Gasteiger partial charge in [0, 0.05) is 119 Å². The number of thiophene rings is 9. The van der Waals surface area contributed by atoms with E-state index in [2.05, 4.69) is 199 Å². The van der Waals surface area contributed by atoms with Crippen LogP contribution in [0.15, 0.2) is 189 Å². The highest BCUT2D eigenvalue weighted by atomic mass is 79.9. The van der Waals surface area contributed by atoms with Gasteiger partial charge in [-0.1, -0.05) is 117 Å². The lowest BCUT2D eigenvalue weighted by Crippen LogP contribution is -2.04. The summed E-state index contributed by atoms with van der Waals surface area (Å²) in [5.41, 5.74) is 9.94. The van der Waals surface area contributed by atoms with Gasteiger partial charge in [0.25, 0.3) is 5.69 Å². The van der Waals surface area contributed by atoms with Crippen LogP contribution in [0.5, 0.6) is 5.75 Å². The maximum absolute atomic E-state index is 10.6. The number of nitro groups is 2. The minimum absolute atomic E-state index is 0.00386. The molecule has 18 aromatic rings. The van der Waals surface area contributed by atoms with E-state index in [-0.39, 0.29) is 31.8 Å². The first-order valence-electron chi connectivity index (χ1n) is 44.6. The number of nitrogens with one attached hydrogen (secondary N) is 2. The van der Waals surface area contributed by atoms with Crippen LogP contribution in [-0.4, -0.2) is 93.3 Å². The van der Waals surface area contributed by atoms with Gasteiger partial charge in [0.1, 0.15) is 20.9 Å². The van der Waals surface area contributed by atoms with Crippen molar-refractivity contribution in [1.29, 1.82) is 0 Å². The third-order valence-corrected chi connectivity index (χ3v) is 37.7. The molecule has 1 fully saturated rings. The molecule has 1 unspecified atom stereocenters. The second kappa shape index (κ2) is 69.5. The fourth-order valence-corrected chi connectivity index (χ4v) is 27.6. The van der Waals surface area contributed by atoms with Gasteiger partial charge in [-0.25, -0.2) is 23.4 Å². The molecule has 2 amide bonds. The summed E-state index contributed by atoms with van der Waals surface area (Å²) >= 11 is 60.8. The zero-order valence-electron chi connectivity index (χ0n) is 86.6. The summed E-state index contributed by atoms with van der Waals surface area (Å²) in [6, 6.07) is 49.6. The van der Waals surface area contributed by atoms with Crippen molar-refractivity contribution in [2.24, 2.45) is 13.0 Å². The van der Waals surface area contributed by atoms with Gasteiger partial charge in [-0.05, 0) is 358 Å². The van der Waals surface area contributed by atoms with Crippen LogP contribution in [0.25, 0.3) is 20.8 Å². The van der Waals surface area contributed by atoms with E-state index in [4.69, 9.17) is 67.3 Å². The molecular weight excluding hydrogens is 2470 g/mol. The van der Waals surface area contributed by atoms with Gasteiger partial charge in [0.2, 0.25) is 16.9 Å². The fourth-order valence-electron chi connectivity index (χ4n) is 10.8. The predicted octanol–water partition coefficient (Wildman–Crippen LogP) is 38.1. The molecule has 17 heterocycles. The molecule has 2 N–H and O–H groups in total. The summed E-state index contributed by atoms with van der Waals surface area (Å²) < 4.78 is 41.2. The van der Waals surface area contributed by atoms with Crippen molar-refractivity contribution < 1.29 is 37.1 Å². The van der Waals surface area contributed by atoms with Gasteiger partial charge in [0.15, 0.2) is 19.3 Å². The first-order valence-corrected chi connectivity index (χ1v) is 62.2. The summed E-state index contributed by atoms with van der Waals surface area (Å²) in [6.07, 6.45) is 2.73. The molecular formula is C102H119Br3Cl5N13O10S15. The van der Waals surface area contributed by atoms with E-state index in [1.165, 1.54) is 155 Å². The molecule has 2 aromatic carbocycles. The Morgan fingerprint density at radius 3 is 1.45 bits per heavy atom. The van der Waals surface area contributed by atoms with Crippen molar-refractivity contribution in [3.05, 3.63) is 333 Å². The van der Waals surface area contributed by atoms with Crippen molar-refractivity contribution in [2.75, 3.05) is 28.7 Å². The van der Waals surface area contributed by atoms with E-state index in [9.17, 15) is 38.2 Å². The molecule has 798 valence electrons. The lowest BCUT2D eigenvalue weighted by atomic mass is 10.2. The largest absolute Gasteiger partial charge is 0.494 e. The maximum Gasteiger partial charge on any atom is 0.324 e. The number of hydrogen-bond acceptors (Lipinski definition) is 32. The van der Waals surface area contributed by atoms with Crippen LogP contribution in [0.2, 0.25) is 23.1 Å². The van der Waals surface area contributed by atoms with Crippen LogP contribution in [0, 0.1) is 178 Å². The number of aromatic nitrogens is 9. The highest BCUT2D eigenvalue weighted by molar-refractivity contribution is 9.11. The highest BCUT2D eigenvalue weighted by Gasteiger charge is 2.24. The molecule has 148 heavy (non-hydrogen) atoms. The van der Waals surface area contributed by atoms with Gasteiger partial charge in [-0.2, -0.15) is 5.10 Å². The average Bonchev–Trinajstić information content (AvgIpc) is 1.68. The normalized spacial score (nSPS) is 11.2. The third kappa shape index (κ3) is 55.5. The predicted molar refractivity (Wildman–Crippen MR) is 654 cm³/mol. The number of benzene rings is 2. The maximum atomic E-state index is 10.6. The fraction of sp³-hybridized carbons (Fsp3) is 0.314. The smallest absolute Gasteiger partial charge is 0.324 e. The molecule has 1 aliphatic rings. The van der Waals surface area contributed by atoms with Crippen LogP contribution in [0.1, 0.15) is 148 Å². The van der Waals surface area contributed by atoms with Crippen molar-refractivity contribution >= 4 is 318 Å². The molecule has 1 atom stereocenters. The number of anilines is 2. The number of rotatable bonds is 9. The van der Waals surface area contributed by atoms with E-state index in [0.717, 1.165) is 103 Å². The Morgan fingerprint density at radius 2 is 1.14 bits per heavy atom. The van der Waals surface area contributed by atoms with Crippen molar-refractivity contribution in [3.8, 4) is 16.3 Å². The van der Waals surface area contributed by atoms with Crippen molar-refractivity contribution in [3.63, 3.8) is 0 Å². The standard InChI is InChI=1S/C11H9ClS2.C10H12N2S.C10H11NOS.C7H10N2OS.C7H9N.C6H9NO.C6H9NS.2C5H4BrClS.C5H5BrS.C5H4ClNO2S.C5H5ClS.C5H7N3OS.C5H5NO2S.C5H10O2S.C5H6S/c1-8-2-7-11(13-8)14-10-5-3-9(12)4-6-10;1-7-6-9(12(3)11-7)10-5-4-8(2)13-10;1-3-12-8-4-5-9-10(6-8)13-7(2)11-9;1-4-5(2)11-7(8-4)9-6(3)10;1-6-3-4-7(2)8-5-6;1-4-5(2)7-8-6(4)3;1-4-5(2)8-6(3)7-4;1-3-2-4(7)5(6)8-3;1-3-2-4(6)5(7)8-3;1-4-2-3-5(6)7-4;1-3-2-4(7(8)9)5(6)10-3;1-4-2-3-5(6)7-4;1-3(9)6-5-8-7-4(2)10-5;1-4-2-3-5(9-4)6(7)8;1-5-2-3-8(6,7)4-5;1-5-3-2-4-6-5/h2-7H,1H3;4-6H,1-3H3;4-6H,3H2,1-2H3;1-3H3,(H,8,9,10);3-5H,1-2H3;2*1-3H3;2*2H,1H3;2-3H,1H3;2H,1H3;2-3H,1H3;1-2H3,(H,6,8,9);2-3H,1H3;5H,2-4H2,1H3;2-4H,1H3. The number of ether oxygens (including phenoxy) is 1. The first-order chi connectivity index (χ1) is 69.4. The van der Waals surface area contributed by atoms with Crippen LogP contribution in [0.4, 0.5) is 21.0 Å². The zero-order chi connectivity index (χ0) is 111. The number of hydrogen-bond donors (Lipinski definition) is 2. The van der Waals surface area contributed by atoms with Crippen LogP contribution >= 0.6 is 265 Å². The van der Waals surface area contributed by atoms with E-state index in [0.29, 0.717) is 34.3 Å². The van der Waals surface area contributed by atoms with Gasteiger partial charge in [0.05, 0.1) is 103 Å². The van der Waals surface area contributed by atoms with Crippen molar-refractivity contribution in [1.82, 2.24) is 45.1 Å². The molecule has 0 aliphatic carbocycles. The number of carbonyl (C=O) groups excluding carboxylic acids is 2. The van der Waals surface area contributed by atoms with Crippen LogP contribution < -0.4 is 15.4 Å². The number of pyridine rings is 1. The Morgan fingerprint density at radius 1 is 0.547 bits per heavy atom. The number of nitrogens with zero attached hydrogens (tertiary/aromatic N) is 11. The number of thiazole rings is 3. The topological polar surface area (TPSA) is 309 Å². The number of fused-ring (bicyclic) bond motifs is 1. The molecule has 46 heteroatoms. The van der Waals surface area contributed by atoms with E-state index in [1.807, 2.05) is 238 Å². The van der Waals surface area contributed by atoms with E-state index in [1.54, 1.807) is 104 Å². The number of aryl methyl sites for hydroxylation is 22. The van der Waals surface area contributed by atoms with Gasteiger partial charge >= 0.3 is 5.00 Å². The van der Waals surface area contributed by atoms with Crippen LogP contribution in [0.3, 0.4) is 0 Å². The molecule has 0 radical (unpaired) electrons. The monoisotopic (exact) mass is 2580 g/mol. The summed E-state index contributed by atoms with van der Waals surface area (Å²) in [5.74, 6) is 2.89. The first kappa shape index (κ1) is 133. The van der Waals surface area contributed by atoms with Crippen LogP contribution in [-0.2, 0) is 26.5 Å². The zero-order valence-corrected chi connectivity index (χ0v) is 107. The number of halogens is 8. The van der Waals surface area contributed by atoms with E-state index >= 15 is 0 Å². The Bertz CT molecular complexity index is 6860. The van der Waals surface area contributed by atoms with Crippen molar-refractivity contribution in [2.45, 2.75) is 196 Å². The molecule has 0 bridgehead atoms. The second-order valence-corrected chi connectivity index (χ2v) is 57.9. The number of carbonyl (C=O) groups is 2. The van der Waals surface area contributed by atoms with Gasteiger partial charge in [-0.3, -0.25) is 39.5 Å². The average molecular weight is 2590 g/mol. The molecule has 23 nitrogen and oxygen atoms in total. The number of amides is 2. The SMILES string of the molecule is CC(=O)Nc1nc(C)c(C)s1.CC(=O)Nc1nnc(C)s1.CC1CCS(=O)(=O)C1.CCOc1ccc2nc(C)sc2c1.Cc1cc(-c2ccc(C)s2)n(C)n1.Cc1cc(Br)c(Cl)s1.Cc1cc(Cl)c(Br)s1.Cc1cc([N+](=O)[O-])c(Cl)s1.Cc1ccc(Br)s1.Cc1ccc(C)nc1.Cc1ccc(Cl)s1.Cc1ccc(Sc2ccc(Cl)cc2)s1.Cc1ccc([N+](=O)[O-])s1.Cc1cccs1.Cc1nc(C)c(C)s1.Cc1noc(C)c1C. The minimum Gasteiger partial charge on any atom is -0.494 e. The Kier molecular flexibility index (Phi) is 62.5. The molecule has 19 rings (SSSR count). The summed E-state index contributed by atoms with van der Waals surface area (Å²) in [6.45, 7) is 51.6. The van der Waals surface area contributed by atoms with Gasteiger partial charge < -0.3 is 19.9 Å². The molecule has 0 saturated carbocycles. The quantitative estimate of drug-likeness (QED) is 0.100. The van der Waals surface area contributed by atoms with Gasteiger partial charge in [-0.15, -0.1) is 135 Å². The molecule has 0 spiro atoms. The molecule has 1 aliphatic heterocycles. The summed E-state index contributed by atoms with van der Waals surface area (Å²) in [4.78, 5) is 73.2.